The molecular weight excluding hydrogens is 254 g/mol. The van der Waals surface area contributed by atoms with Gasteiger partial charge in [0.25, 0.3) is 0 Å². The summed E-state index contributed by atoms with van der Waals surface area (Å²) in [5.74, 6) is 0.704. The van der Waals surface area contributed by atoms with Gasteiger partial charge in [-0.25, -0.2) is 0 Å². The first kappa shape index (κ1) is 15.8. The molecule has 0 radical (unpaired) electrons. The molecule has 0 fully saturated rings. The molecule has 0 bridgehead atoms. The maximum atomic E-state index is 3.46. The Labute approximate surface area is 129 Å². The molecule has 1 nitrogen and oxygen atoms in total. The van der Waals surface area contributed by atoms with Gasteiger partial charge in [-0.15, -0.1) is 0 Å². The predicted molar refractivity (Wildman–Crippen MR) is 91.8 cm³/mol. The van der Waals surface area contributed by atoms with Crippen molar-refractivity contribution < 1.29 is 0 Å². The van der Waals surface area contributed by atoms with Crippen LogP contribution in [0.1, 0.15) is 47.7 Å². The Morgan fingerprint density at radius 3 is 2.14 bits per heavy atom. The quantitative estimate of drug-likeness (QED) is 0.829. The first-order valence-electron chi connectivity index (χ1n) is 7.84. The van der Waals surface area contributed by atoms with E-state index in [0.29, 0.717) is 5.92 Å². The Morgan fingerprint density at radius 1 is 0.952 bits per heavy atom. The van der Waals surface area contributed by atoms with Crippen LogP contribution in [0.4, 0.5) is 0 Å². The third kappa shape index (κ3) is 3.95. The second-order valence-electron chi connectivity index (χ2n) is 6.42. The van der Waals surface area contributed by atoms with E-state index in [1.165, 1.54) is 27.8 Å². The van der Waals surface area contributed by atoms with Crippen LogP contribution in [-0.2, 0) is 6.42 Å². The van der Waals surface area contributed by atoms with Crippen LogP contribution < -0.4 is 5.32 Å². The molecule has 1 heteroatoms. The molecule has 0 aliphatic rings. The summed E-state index contributed by atoms with van der Waals surface area (Å²) in [6.45, 7) is 8.87. The van der Waals surface area contributed by atoms with Crippen molar-refractivity contribution in [2.24, 2.45) is 5.92 Å². The molecular formula is C20H27N. The van der Waals surface area contributed by atoms with Gasteiger partial charge in [0.05, 0.1) is 6.04 Å². The number of aryl methyl sites for hydroxylation is 2. The molecule has 2 aromatic rings. The van der Waals surface area contributed by atoms with Crippen LogP contribution in [0.3, 0.4) is 0 Å². The summed E-state index contributed by atoms with van der Waals surface area (Å²) in [5, 5.41) is 3.46. The molecule has 2 aromatic carbocycles. The minimum Gasteiger partial charge on any atom is -0.309 e. The average Bonchev–Trinajstić information content (AvgIpc) is 2.43. The van der Waals surface area contributed by atoms with Gasteiger partial charge in [0, 0.05) is 0 Å². The minimum absolute atomic E-state index is 0.263. The zero-order valence-electron chi connectivity index (χ0n) is 13.9. The summed E-state index contributed by atoms with van der Waals surface area (Å²) < 4.78 is 0. The van der Waals surface area contributed by atoms with E-state index in [0.717, 1.165) is 6.42 Å². The fourth-order valence-corrected chi connectivity index (χ4v) is 2.97. The Bertz CT molecular complexity index is 581. The molecule has 21 heavy (non-hydrogen) atoms. The van der Waals surface area contributed by atoms with Gasteiger partial charge in [0.2, 0.25) is 0 Å². The number of nitrogens with one attached hydrogen (secondary N) is 1. The topological polar surface area (TPSA) is 12.0 Å². The second kappa shape index (κ2) is 6.91. The SMILES string of the molecule is CNC(c1ccc(CC(C)C)cc1)c1ccc(C)cc1C. The lowest BCUT2D eigenvalue weighted by atomic mass is 9.92. The third-order valence-corrected chi connectivity index (χ3v) is 3.98. The van der Waals surface area contributed by atoms with E-state index >= 15 is 0 Å². The molecule has 1 N–H and O–H groups in total. The summed E-state index contributed by atoms with van der Waals surface area (Å²) in [4.78, 5) is 0. The number of rotatable bonds is 5. The van der Waals surface area contributed by atoms with Gasteiger partial charge < -0.3 is 5.32 Å². The number of hydrogen-bond donors (Lipinski definition) is 1. The molecule has 0 aromatic heterocycles. The first-order chi connectivity index (χ1) is 10.0. The van der Waals surface area contributed by atoms with E-state index in [2.05, 4.69) is 75.5 Å². The first-order valence-corrected chi connectivity index (χ1v) is 7.84. The zero-order chi connectivity index (χ0) is 15.4. The highest BCUT2D eigenvalue weighted by Crippen LogP contribution is 2.26. The molecule has 0 saturated heterocycles. The maximum Gasteiger partial charge on any atom is 0.0576 e. The van der Waals surface area contributed by atoms with E-state index < -0.39 is 0 Å². The van der Waals surface area contributed by atoms with Crippen molar-refractivity contribution in [2.75, 3.05) is 7.05 Å². The molecule has 112 valence electrons. The van der Waals surface area contributed by atoms with Crippen molar-refractivity contribution in [3.05, 3.63) is 70.3 Å². The molecule has 1 unspecified atom stereocenters. The van der Waals surface area contributed by atoms with E-state index in [4.69, 9.17) is 0 Å². The van der Waals surface area contributed by atoms with Crippen molar-refractivity contribution >= 4 is 0 Å². The Kier molecular flexibility index (Phi) is 5.19. The highest BCUT2D eigenvalue weighted by atomic mass is 14.9. The highest BCUT2D eigenvalue weighted by Gasteiger charge is 2.14. The molecule has 0 amide bonds. The number of hydrogen-bond acceptors (Lipinski definition) is 1. The van der Waals surface area contributed by atoms with Gasteiger partial charge in [-0.3, -0.25) is 0 Å². The van der Waals surface area contributed by atoms with Crippen molar-refractivity contribution in [3.8, 4) is 0 Å². The highest BCUT2D eigenvalue weighted by molar-refractivity contribution is 5.39. The maximum absolute atomic E-state index is 3.46. The monoisotopic (exact) mass is 281 g/mol. The fourth-order valence-electron chi connectivity index (χ4n) is 2.97. The second-order valence-corrected chi connectivity index (χ2v) is 6.42. The summed E-state index contributed by atoms with van der Waals surface area (Å²) in [7, 11) is 2.03. The molecule has 2 rings (SSSR count). The van der Waals surface area contributed by atoms with Gasteiger partial charge in [0.1, 0.15) is 0 Å². The molecule has 0 aliphatic heterocycles. The molecule has 0 heterocycles. The smallest absolute Gasteiger partial charge is 0.0576 e. The van der Waals surface area contributed by atoms with Gasteiger partial charge in [-0.1, -0.05) is 61.9 Å². The Balaban J connectivity index is 2.28. The Hall–Kier alpha value is -1.60. The van der Waals surface area contributed by atoms with E-state index in [-0.39, 0.29) is 6.04 Å². The lowest BCUT2D eigenvalue weighted by molar-refractivity contribution is 0.645. The molecule has 0 saturated carbocycles. The van der Waals surface area contributed by atoms with Crippen LogP contribution >= 0.6 is 0 Å². The molecule has 0 aliphatic carbocycles. The molecule has 0 spiro atoms. The van der Waals surface area contributed by atoms with Gasteiger partial charge >= 0.3 is 0 Å². The van der Waals surface area contributed by atoms with Crippen LogP contribution in [0.25, 0.3) is 0 Å². The van der Waals surface area contributed by atoms with Crippen molar-refractivity contribution in [1.29, 1.82) is 0 Å². The zero-order valence-corrected chi connectivity index (χ0v) is 13.9. The summed E-state index contributed by atoms with van der Waals surface area (Å²) >= 11 is 0. The van der Waals surface area contributed by atoms with Crippen molar-refractivity contribution in [2.45, 2.75) is 40.2 Å². The standard InChI is InChI=1S/C20H27N/c1-14(2)12-17-7-9-18(10-8-17)20(21-5)19-11-6-15(3)13-16(19)4/h6-11,13-14,20-21H,12H2,1-5H3. The van der Waals surface area contributed by atoms with Crippen LogP contribution in [0, 0.1) is 19.8 Å². The average molecular weight is 281 g/mol. The minimum atomic E-state index is 0.263. The normalized spacial score (nSPS) is 12.7. The van der Waals surface area contributed by atoms with Crippen molar-refractivity contribution in [1.82, 2.24) is 5.32 Å². The van der Waals surface area contributed by atoms with Crippen LogP contribution in [0.2, 0.25) is 0 Å². The lowest BCUT2D eigenvalue weighted by Gasteiger charge is -2.20. The van der Waals surface area contributed by atoms with E-state index in [9.17, 15) is 0 Å². The largest absolute Gasteiger partial charge is 0.309 e. The Morgan fingerprint density at radius 2 is 1.62 bits per heavy atom. The summed E-state index contributed by atoms with van der Waals surface area (Å²) in [6, 6.07) is 16.0. The predicted octanol–water partition coefficient (Wildman–Crippen LogP) is 4.81. The van der Waals surface area contributed by atoms with E-state index in [1.807, 2.05) is 7.05 Å². The lowest BCUT2D eigenvalue weighted by Crippen LogP contribution is -2.18. The summed E-state index contributed by atoms with van der Waals surface area (Å²) in [5.41, 5.74) is 6.78. The third-order valence-electron chi connectivity index (χ3n) is 3.98. The van der Waals surface area contributed by atoms with Crippen LogP contribution in [0.15, 0.2) is 42.5 Å². The van der Waals surface area contributed by atoms with Gasteiger partial charge in [0.15, 0.2) is 0 Å². The number of benzene rings is 2. The van der Waals surface area contributed by atoms with Crippen molar-refractivity contribution in [3.63, 3.8) is 0 Å². The molecule has 1 atom stereocenters. The fraction of sp³-hybridized carbons (Fsp3) is 0.400. The summed E-state index contributed by atoms with van der Waals surface area (Å²) in [6.07, 6.45) is 1.15. The van der Waals surface area contributed by atoms with Crippen LogP contribution in [-0.4, -0.2) is 7.05 Å². The van der Waals surface area contributed by atoms with Gasteiger partial charge in [-0.2, -0.15) is 0 Å². The van der Waals surface area contributed by atoms with E-state index in [1.54, 1.807) is 0 Å². The van der Waals surface area contributed by atoms with Crippen LogP contribution in [0.5, 0.6) is 0 Å². The van der Waals surface area contributed by atoms with Gasteiger partial charge in [-0.05, 0) is 55.5 Å².